The molecule has 0 spiro atoms. The standard InChI is InChI=1S/C29H32N10O/c1-38-9-11-39(12-10-38)28-25-23(7-8-31-28)34-27(35-25)24-22-14-20(16-32-26(22)37-36-24)19-13-21(17-30-15-19)33-29(40)18-5-3-2-4-6-18/h7-8,13-18H,2-6,9-12H2,1H3,(H,33,40)(H,34,35)(H,32,36,37). The van der Waals surface area contributed by atoms with E-state index in [9.17, 15) is 4.79 Å². The van der Waals surface area contributed by atoms with Crippen molar-refractivity contribution >= 4 is 39.5 Å². The number of aromatic nitrogens is 7. The van der Waals surface area contributed by atoms with E-state index in [0.717, 1.165) is 90.9 Å². The number of rotatable bonds is 5. The maximum Gasteiger partial charge on any atom is 0.227 e. The van der Waals surface area contributed by atoms with Crippen molar-refractivity contribution in [3.8, 4) is 22.6 Å². The van der Waals surface area contributed by atoms with Gasteiger partial charge in [-0.2, -0.15) is 5.10 Å². The van der Waals surface area contributed by atoms with Gasteiger partial charge in [-0.3, -0.25) is 14.9 Å². The van der Waals surface area contributed by atoms with E-state index in [1.54, 1.807) is 18.6 Å². The monoisotopic (exact) mass is 536 g/mol. The Hall–Kier alpha value is -4.38. The number of hydrogen-bond acceptors (Lipinski definition) is 8. The molecule has 1 aliphatic heterocycles. The number of likely N-dealkylation sites (N-methyl/N-ethyl adjacent to an activating group) is 1. The summed E-state index contributed by atoms with van der Waals surface area (Å²) < 4.78 is 0. The molecule has 0 radical (unpaired) electrons. The molecule has 204 valence electrons. The number of nitrogens with one attached hydrogen (secondary N) is 3. The molecule has 1 saturated carbocycles. The lowest BCUT2D eigenvalue weighted by Crippen LogP contribution is -2.44. The van der Waals surface area contributed by atoms with E-state index < -0.39 is 0 Å². The van der Waals surface area contributed by atoms with Crippen LogP contribution in [0.2, 0.25) is 0 Å². The number of carbonyl (C=O) groups excluding carboxylic acids is 1. The van der Waals surface area contributed by atoms with Gasteiger partial charge in [-0.25, -0.2) is 15.0 Å². The summed E-state index contributed by atoms with van der Waals surface area (Å²) in [5.41, 5.74) is 5.59. The van der Waals surface area contributed by atoms with Gasteiger partial charge in [-0.1, -0.05) is 19.3 Å². The van der Waals surface area contributed by atoms with Gasteiger partial charge >= 0.3 is 0 Å². The number of fused-ring (bicyclic) bond motifs is 2. The number of hydrogen-bond donors (Lipinski definition) is 3. The smallest absolute Gasteiger partial charge is 0.227 e. The lowest BCUT2D eigenvalue weighted by atomic mass is 9.88. The maximum absolute atomic E-state index is 12.8. The second-order valence-electron chi connectivity index (χ2n) is 10.9. The van der Waals surface area contributed by atoms with Crippen molar-refractivity contribution in [1.82, 2.24) is 40.0 Å². The van der Waals surface area contributed by atoms with Crippen molar-refractivity contribution in [1.29, 1.82) is 0 Å². The first-order valence-electron chi connectivity index (χ1n) is 14.0. The fraction of sp³-hybridized carbons (Fsp3) is 0.379. The van der Waals surface area contributed by atoms with Crippen LogP contribution in [0.4, 0.5) is 11.5 Å². The van der Waals surface area contributed by atoms with E-state index in [0.29, 0.717) is 17.2 Å². The van der Waals surface area contributed by atoms with E-state index in [1.807, 2.05) is 24.4 Å². The molecule has 5 aromatic heterocycles. The molecule has 6 heterocycles. The number of amides is 1. The van der Waals surface area contributed by atoms with E-state index in [1.165, 1.54) is 6.42 Å². The summed E-state index contributed by atoms with van der Waals surface area (Å²) in [5.74, 6) is 1.75. The summed E-state index contributed by atoms with van der Waals surface area (Å²) in [6.45, 7) is 3.82. The Labute approximate surface area is 231 Å². The highest BCUT2D eigenvalue weighted by Crippen LogP contribution is 2.32. The van der Waals surface area contributed by atoms with Crippen LogP contribution >= 0.6 is 0 Å². The number of H-pyrrole nitrogens is 2. The van der Waals surface area contributed by atoms with Crippen molar-refractivity contribution < 1.29 is 4.79 Å². The second kappa shape index (κ2) is 10.3. The summed E-state index contributed by atoms with van der Waals surface area (Å²) >= 11 is 0. The third-order valence-corrected chi connectivity index (χ3v) is 8.15. The van der Waals surface area contributed by atoms with Crippen LogP contribution in [0.1, 0.15) is 32.1 Å². The minimum absolute atomic E-state index is 0.0830. The zero-order chi connectivity index (χ0) is 27.1. The van der Waals surface area contributed by atoms with Crippen LogP contribution in [-0.2, 0) is 4.79 Å². The Morgan fingerprint density at radius 1 is 1.00 bits per heavy atom. The van der Waals surface area contributed by atoms with Gasteiger partial charge in [0.2, 0.25) is 5.91 Å². The predicted molar refractivity (Wildman–Crippen MR) is 155 cm³/mol. The van der Waals surface area contributed by atoms with Crippen LogP contribution in [0.15, 0.2) is 43.0 Å². The van der Waals surface area contributed by atoms with E-state index in [-0.39, 0.29) is 11.8 Å². The molecular weight excluding hydrogens is 504 g/mol. The Morgan fingerprint density at radius 3 is 2.67 bits per heavy atom. The maximum atomic E-state index is 12.8. The van der Waals surface area contributed by atoms with E-state index >= 15 is 0 Å². The molecule has 0 unspecified atom stereocenters. The molecule has 1 amide bonds. The number of piperazine rings is 1. The van der Waals surface area contributed by atoms with E-state index in [4.69, 9.17) is 4.98 Å². The molecule has 5 aromatic rings. The Kier molecular flexibility index (Phi) is 6.35. The van der Waals surface area contributed by atoms with Crippen LogP contribution in [0.5, 0.6) is 0 Å². The highest BCUT2D eigenvalue weighted by molar-refractivity contribution is 5.96. The first-order valence-corrected chi connectivity index (χ1v) is 14.0. The van der Waals surface area contributed by atoms with Gasteiger partial charge in [0, 0.05) is 61.8 Å². The highest BCUT2D eigenvalue weighted by atomic mass is 16.1. The molecule has 1 saturated heterocycles. The Bertz CT molecular complexity index is 1680. The minimum atomic E-state index is 0.0830. The molecule has 2 aliphatic rings. The third-order valence-electron chi connectivity index (χ3n) is 8.15. The number of nitrogens with zero attached hydrogens (tertiary/aromatic N) is 7. The van der Waals surface area contributed by atoms with Crippen molar-refractivity contribution in [2.75, 3.05) is 43.4 Å². The second-order valence-corrected chi connectivity index (χ2v) is 10.9. The molecule has 0 aromatic carbocycles. The number of imidazole rings is 1. The zero-order valence-corrected chi connectivity index (χ0v) is 22.5. The fourth-order valence-corrected chi connectivity index (χ4v) is 5.80. The molecule has 1 aliphatic carbocycles. The number of pyridine rings is 3. The SMILES string of the molecule is CN1CCN(c2nccc3[nH]c(-c4[nH]nc5ncc(-c6cncc(NC(=O)C7CCCCC7)c6)cc45)nc23)CC1. The van der Waals surface area contributed by atoms with E-state index in [2.05, 4.69) is 52.3 Å². The lowest BCUT2D eigenvalue weighted by Gasteiger charge is -2.33. The number of carbonyl (C=O) groups is 1. The average molecular weight is 537 g/mol. The van der Waals surface area contributed by atoms with Gasteiger partial charge in [0.1, 0.15) is 11.2 Å². The fourth-order valence-electron chi connectivity index (χ4n) is 5.80. The minimum Gasteiger partial charge on any atom is -0.352 e. The van der Waals surface area contributed by atoms with Crippen LogP contribution in [-0.4, -0.2) is 79.2 Å². The van der Waals surface area contributed by atoms with Gasteiger partial charge in [0.25, 0.3) is 0 Å². The molecule has 11 heteroatoms. The van der Waals surface area contributed by atoms with Crippen molar-refractivity contribution in [3.63, 3.8) is 0 Å². The topological polar surface area (TPSA) is 132 Å². The Morgan fingerprint density at radius 2 is 1.82 bits per heavy atom. The molecule has 0 atom stereocenters. The molecular formula is C29H32N10O. The van der Waals surface area contributed by atoms with Crippen molar-refractivity contribution in [2.24, 2.45) is 5.92 Å². The van der Waals surface area contributed by atoms with Gasteiger partial charge in [0.05, 0.1) is 22.8 Å². The first-order chi connectivity index (χ1) is 19.6. The number of aromatic amines is 2. The summed E-state index contributed by atoms with van der Waals surface area (Å²) in [5, 5.41) is 11.5. The van der Waals surface area contributed by atoms with Gasteiger partial charge in [-0.05, 0) is 38.1 Å². The highest BCUT2D eigenvalue weighted by Gasteiger charge is 2.23. The number of anilines is 2. The lowest BCUT2D eigenvalue weighted by molar-refractivity contribution is -0.120. The van der Waals surface area contributed by atoms with Crippen molar-refractivity contribution in [2.45, 2.75) is 32.1 Å². The largest absolute Gasteiger partial charge is 0.352 e. The average Bonchev–Trinajstić information content (AvgIpc) is 3.62. The third kappa shape index (κ3) is 4.66. The van der Waals surface area contributed by atoms with Crippen LogP contribution in [0.25, 0.3) is 44.7 Å². The van der Waals surface area contributed by atoms with Crippen LogP contribution < -0.4 is 10.2 Å². The first kappa shape index (κ1) is 24.6. The van der Waals surface area contributed by atoms with Crippen LogP contribution in [0.3, 0.4) is 0 Å². The van der Waals surface area contributed by atoms with Gasteiger partial charge in [0.15, 0.2) is 17.3 Å². The molecule has 3 N–H and O–H groups in total. The summed E-state index contributed by atoms with van der Waals surface area (Å²) in [6.07, 6.45) is 12.5. The molecule has 11 nitrogen and oxygen atoms in total. The zero-order valence-electron chi connectivity index (χ0n) is 22.5. The van der Waals surface area contributed by atoms with Gasteiger partial charge < -0.3 is 20.1 Å². The van der Waals surface area contributed by atoms with Crippen LogP contribution in [0, 0.1) is 5.92 Å². The Balaban J connectivity index is 1.19. The normalized spacial score (nSPS) is 17.1. The summed E-state index contributed by atoms with van der Waals surface area (Å²) in [4.78, 5) is 39.5. The molecule has 0 bridgehead atoms. The molecule has 2 fully saturated rings. The summed E-state index contributed by atoms with van der Waals surface area (Å²) in [6, 6.07) is 5.94. The molecule has 7 rings (SSSR count). The quantitative estimate of drug-likeness (QED) is 0.304. The van der Waals surface area contributed by atoms with Gasteiger partial charge in [-0.15, -0.1) is 0 Å². The predicted octanol–water partition coefficient (Wildman–Crippen LogP) is 4.23. The van der Waals surface area contributed by atoms with Crippen molar-refractivity contribution in [3.05, 3.63) is 43.0 Å². The molecule has 40 heavy (non-hydrogen) atoms. The summed E-state index contributed by atoms with van der Waals surface area (Å²) in [7, 11) is 2.14.